The Bertz CT molecular complexity index is 3550. The first-order chi connectivity index (χ1) is 29.3. The fourth-order valence-electron chi connectivity index (χ4n) is 9.07. The van der Waals surface area contributed by atoms with Gasteiger partial charge in [0.15, 0.2) is 5.82 Å². The van der Waals surface area contributed by atoms with Crippen molar-refractivity contribution in [3.05, 3.63) is 206 Å². The SMILES string of the molecule is c1ccc(-c2nc(-c3cccc(-c4nc5c(-c6ccc(-n7c8ccccc8c8ccccc87)cc6)cccc5c5c4ccc4ccccc45)c3)nc3ccccc23)cc1. The minimum Gasteiger partial charge on any atom is -0.309 e. The molecule has 4 nitrogen and oxygen atoms in total. The predicted molar refractivity (Wildman–Crippen MR) is 246 cm³/mol. The summed E-state index contributed by atoms with van der Waals surface area (Å²) in [5.74, 6) is 0.684. The van der Waals surface area contributed by atoms with Crippen LogP contribution >= 0.6 is 0 Å². The second-order valence-electron chi connectivity index (χ2n) is 15.1. The molecule has 0 atom stereocenters. The molecular weight excluding hydrogens is 717 g/mol. The van der Waals surface area contributed by atoms with Crippen molar-refractivity contribution in [2.75, 3.05) is 0 Å². The van der Waals surface area contributed by atoms with Crippen molar-refractivity contribution in [2.24, 2.45) is 0 Å². The fraction of sp³-hybridized carbons (Fsp3) is 0. The van der Waals surface area contributed by atoms with E-state index in [9.17, 15) is 0 Å². The predicted octanol–water partition coefficient (Wildman–Crippen LogP) is 14.2. The van der Waals surface area contributed by atoms with Crippen molar-refractivity contribution in [1.82, 2.24) is 19.5 Å². The average Bonchev–Trinajstić information content (AvgIpc) is 3.65. The molecule has 0 radical (unpaired) electrons. The summed E-state index contributed by atoms with van der Waals surface area (Å²) < 4.78 is 2.36. The van der Waals surface area contributed by atoms with Crippen molar-refractivity contribution >= 4 is 65.2 Å². The highest BCUT2D eigenvalue weighted by Gasteiger charge is 2.19. The molecule has 0 amide bonds. The lowest BCUT2D eigenvalue weighted by molar-refractivity contribution is 1.18. The summed E-state index contributed by atoms with van der Waals surface area (Å²) >= 11 is 0. The highest BCUT2D eigenvalue weighted by atomic mass is 15.0. The van der Waals surface area contributed by atoms with Crippen molar-refractivity contribution in [3.8, 4) is 50.7 Å². The zero-order chi connectivity index (χ0) is 38.9. The minimum atomic E-state index is 0.684. The first-order valence-electron chi connectivity index (χ1n) is 20.0. The zero-order valence-corrected chi connectivity index (χ0v) is 31.9. The van der Waals surface area contributed by atoms with Gasteiger partial charge in [-0.2, -0.15) is 0 Å². The molecular formula is C55H34N4. The number of nitrogens with zero attached hydrogens (tertiary/aromatic N) is 4. The molecule has 0 spiro atoms. The van der Waals surface area contributed by atoms with Crippen LogP contribution in [-0.4, -0.2) is 19.5 Å². The molecule has 0 fully saturated rings. The van der Waals surface area contributed by atoms with Gasteiger partial charge in [-0.3, -0.25) is 0 Å². The first kappa shape index (κ1) is 33.2. The van der Waals surface area contributed by atoms with Crippen molar-refractivity contribution < 1.29 is 0 Å². The Balaban J connectivity index is 1.05. The Morgan fingerprint density at radius 3 is 1.75 bits per heavy atom. The van der Waals surface area contributed by atoms with E-state index in [1.165, 1.54) is 38.0 Å². The maximum atomic E-state index is 5.61. The van der Waals surface area contributed by atoms with Gasteiger partial charge in [0.1, 0.15) is 0 Å². The molecule has 4 heteroatoms. The topological polar surface area (TPSA) is 43.6 Å². The molecule has 0 N–H and O–H groups in total. The Labute approximate surface area is 340 Å². The van der Waals surface area contributed by atoms with Gasteiger partial charge in [-0.05, 0) is 52.7 Å². The number of hydrogen-bond donors (Lipinski definition) is 0. The monoisotopic (exact) mass is 750 g/mol. The van der Waals surface area contributed by atoms with E-state index in [2.05, 4.69) is 193 Å². The molecule has 12 rings (SSSR count). The van der Waals surface area contributed by atoms with Crippen LogP contribution in [0, 0.1) is 0 Å². The molecule has 59 heavy (non-hydrogen) atoms. The molecule has 0 unspecified atom stereocenters. The molecule has 3 heterocycles. The maximum Gasteiger partial charge on any atom is 0.160 e. The summed E-state index contributed by atoms with van der Waals surface area (Å²) in [5.41, 5.74) is 12.5. The van der Waals surface area contributed by atoms with Gasteiger partial charge in [0.25, 0.3) is 0 Å². The van der Waals surface area contributed by atoms with Gasteiger partial charge in [0, 0.05) is 60.3 Å². The van der Waals surface area contributed by atoms with Gasteiger partial charge < -0.3 is 4.57 Å². The van der Waals surface area contributed by atoms with Gasteiger partial charge in [0.05, 0.1) is 33.5 Å². The molecule has 0 aliphatic carbocycles. The summed E-state index contributed by atoms with van der Waals surface area (Å²) in [5, 5.41) is 9.39. The van der Waals surface area contributed by atoms with Crippen LogP contribution in [0.25, 0.3) is 116 Å². The Morgan fingerprint density at radius 1 is 0.339 bits per heavy atom. The van der Waals surface area contributed by atoms with E-state index in [1.807, 2.05) is 18.2 Å². The zero-order valence-electron chi connectivity index (χ0n) is 31.9. The summed E-state index contributed by atoms with van der Waals surface area (Å²) in [6, 6.07) is 73.2. The molecule has 0 bridgehead atoms. The van der Waals surface area contributed by atoms with Gasteiger partial charge in [0.2, 0.25) is 0 Å². The normalized spacial score (nSPS) is 11.7. The average molecular weight is 751 g/mol. The van der Waals surface area contributed by atoms with E-state index in [-0.39, 0.29) is 0 Å². The Kier molecular flexibility index (Phi) is 7.50. The van der Waals surface area contributed by atoms with Crippen molar-refractivity contribution in [2.45, 2.75) is 0 Å². The summed E-state index contributed by atoms with van der Waals surface area (Å²) in [6.45, 7) is 0. The smallest absolute Gasteiger partial charge is 0.160 e. The number of para-hydroxylation sites is 4. The first-order valence-corrected chi connectivity index (χ1v) is 20.0. The molecule has 0 aliphatic rings. The van der Waals surface area contributed by atoms with E-state index < -0.39 is 0 Å². The van der Waals surface area contributed by atoms with E-state index in [4.69, 9.17) is 15.0 Å². The number of benzene rings is 9. The van der Waals surface area contributed by atoms with Crippen LogP contribution in [0.3, 0.4) is 0 Å². The standard InChI is InChI=1S/C55H34N4/c1-2-15-37(16-3-1)52-45-22-6-9-25-48(45)56-55(58-52)39-18-12-17-38(34-39)53-47-33-30-35-14-4-5-19-41(35)51(47)46-24-13-23-42(54(46)57-53)36-28-31-40(32-29-36)59-49-26-10-7-20-43(49)44-21-8-11-27-50(44)59/h1-34H. The lowest BCUT2D eigenvalue weighted by Gasteiger charge is -2.16. The molecule has 3 aromatic heterocycles. The third-order valence-electron chi connectivity index (χ3n) is 11.8. The summed E-state index contributed by atoms with van der Waals surface area (Å²) in [4.78, 5) is 15.9. The van der Waals surface area contributed by atoms with Crippen molar-refractivity contribution in [1.29, 1.82) is 0 Å². The van der Waals surface area contributed by atoms with Gasteiger partial charge >= 0.3 is 0 Å². The molecule has 12 aromatic rings. The number of hydrogen-bond acceptors (Lipinski definition) is 3. The summed E-state index contributed by atoms with van der Waals surface area (Å²) in [7, 11) is 0. The van der Waals surface area contributed by atoms with Crippen LogP contribution < -0.4 is 0 Å². The van der Waals surface area contributed by atoms with E-state index in [0.717, 1.165) is 72.1 Å². The molecule has 0 saturated carbocycles. The number of fused-ring (bicyclic) bond motifs is 9. The Morgan fingerprint density at radius 2 is 0.949 bits per heavy atom. The molecule has 274 valence electrons. The van der Waals surface area contributed by atoms with Gasteiger partial charge in [-0.15, -0.1) is 0 Å². The number of rotatable bonds is 5. The lowest BCUT2D eigenvalue weighted by atomic mass is 9.92. The third-order valence-corrected chi connectivity index (χ3v) is 11.8. The highest BCUT2D eigenvalue weighted by Crippen LogP contribution is 2.41. The molecule has 0 aliphatic heterocycles. The van der Waals surface area contributed by atoms with Gasteiger partial charge in [-0.25, -0.2) is 15.0 Å². The highest BCUT2D eigenvalue weighted by molar-refractivity contribution is 6.24. The van der Waals surface area contributed by atoms with Gasteiger partial charge in [-0.1, -0.05) is 170 Å². The van der Waals surface area contributed by atoms with E-state index in [0.29, 0.717) is 5.82 Å². The van der Waals surface area contributed by atoms with E-state index >= 15 is 0 Å². The number of aromatic nitrogens is 4. The van der Waals surface area contributed by atoms with Crippen LogP contribution in [0.1, 0.15) is 0 Å². The molecule has 9 aromatic carbocycles. The van der Waals surface area contributed by atoms with Crippen LogP contribution in [0.2, 0.25) is 0 Å². The number of pyridine rings is 1. The van der Waals surface area contributed by atoms with Crippen LogP contribution in [0.15, 0.2) is 206 Å². The van der Waals surface area contributed by atoms with Crippen LogP contribution in [0.4, 0.5) is 0 Å². The van der Waals surface area contributed by atoms with E-state index in [1.54, 1.807) is 0 Å². The maximum absolute atomic E-state index is 5.61. The second-order valence-corrected chi connectivity index (χ2v) is 15.1. The van der Waals surface area contributed by atoms with Crippen LogP contribution in [-0.2, 0) is 0 Å². The fourth-order valence-corrected chi connectivity index (χ4v) is 9.07. The Hall–Kier alpha value is -7.95. The lowest BCUT2D eigenvalue weighted by Crippen LogP contribution is -1.96. The largest absolute Gasteiger partial charge is 0.309 e. The quantitative estimate of drug-likeness (QED) is 0.165. The minimum absolute atomic E-state index is 0.684. The second kappa shape index (κ2) is 13.3. The van der Waals surface area contributed by atoms with Crippen LogP contribution in [0.5, 0.6) is 0 Å². The summed E-state index contributed by atoms with van der Waals surface area (Å²) in [6.07, 6.45) is 0. The molecule has 0 saturated heterocycles. The third kappa shape index (κ3) is 5.34. The van der Waals surface area contributed by atoms with Crippen molar-refractivity contribution in [3.63, 3.8) is 0 Å².